The molecule has 2 aromatic rings. The predicted octanol–water partition coefficient (Wildman–Crippen LogP) is 3.69. The van der Waals surface area contributed by atoms with Crippen molar-refractivity contribution in [2.45, 2.75) is 13.0 Å². The Morgan fingerprint density at radius 2 is 1.92 bits per heavy atom. The summed E-state index contributed by atoms with van der Waals surface area (Å²) in [6, 6.07) is 12.9. The largest absolute Gasteiger partial charge is 0.334 e. The molecule has 0 saturated carbocycles. The van der Waals surface area contributed by atoms with E-state index in [4.69, 9.17) is 11.6 Å². The highest BCUT2D eigenvalue weighted by Crippen LogP contribution is 2.27. The zero-order valence-corrected chi connectivity index (χ0v) is 14.8. The van der Waals surface area contributed by atoms with Crippen molar-refractivity contribution in [3.63, 3.8) is 0 Å². The number of halogens is 1. The van der Waals surface area contributed by atoms with Gasteiger partial charge in [0.2, 0.25) is 5.91 Å². The molecule has 0 atom stereocenters. The van der Waals surface area contributed by atoms with Crippen molar-refractivity contribution in [3.8, 4) is 0 Å². The minimum absolute atomic E-state index is 0.0326. The summed E-state index contributed by atoms with van der Waals surface area (Å²) in [7, 11) is 1.67. The van der Waals surface area contributed by atoms with Gasteiger partial charge >= 0.3 is 0 Å². The number of amides is 2. The SMILES string of the molecule is C=CC(=O)N(C)c1ccc(C(=O)N2CCc3cccc(Cl)c3C2)cc1. The number of carbonyl (C=O) groups excluding carboxylic acids is 2. The van der Waals surface area contributed by atoms with Gasteiger partial charge in [-0.15, -0.1) is 0 Å². The molecule has 1 aliphatic heterocycles. The molecule has 1 heterocycles. The summed E-state index contributed by atoms with van der Waals surface area (Å²) in [6.45, 7) is 4.66. The fourth-order valence-corrected chi connectivity index (χ4v) is 3.24. The van der Waals surface area contributed by atoms with Gasteiger partial charge in [-0.2, -0.15) is 0 Å². The molecule has 0 aromatic heterocycles. The van der Waals surface area contributed by atoms with Crippen LogP contribution in [0.15, 0.2) is 55.1 Å². The van der Waals surface area contributed by atoms with E-state index in [2.05, 4.69) is 12.6 Å². The number of hydrogen-bond donors (Lipinski definition) is 0. The second kappa shape index (κ2) is 7.11. The lowest BCUT2D eigenvalue weighted by Crippen LogP contribution is -2.36. The highest BCUT2D eigenvalue weighted by Gasteiger charge is 2.23. The van der Waals surface area contributed by atoms with Crippen LogP contribution < -0.4 is 4.90 Å². The van der Waals surface area contributed by atoms with Gasteiger partial charge in [-0.25, -0.2) is 0 Å². The Morgan fingerprint density at radius 3 is 2.60 bits per heavy atom. The van der Waals surface area contributed by atoms with Gasteiger partial charge in [0.1, 0.15) is 0 Å². The molecule has 1 aliphatic rings. The van der Waals surface area contributed by atoms with Gasteiger partial charge in [-0.1, -0.05) is 30.3 Å². The number of benzene rings is 2. The highest BCUT2D eigenvalue weighted by atomic mass is 35.5. The molecule has 0 aliphatic carbocycles. The van der Waals surface area contributed by atoms with E-state index in [-0.39, 0.29) is 11.8 Å². The van der Waals surface area contributed by atoms with Crippen LogP contribution in [-0.4, -0.2) is 30.3 Å². The average Bonchev–Trinajstić information content (AvgIpc) is 2.66. The normalized spacial score (nSPS) is 13.1. The number of nitrogens with zero attached hydrogens (tertiary/aromatic N) is 2. The molecule has 3 rings (SSSR count). The topological polar surface area (TPSA) is 40.6 Å². The first-order valence-corrected chi connectivity index (χ1v) is 8.45. The van der Waals surface area contributed by atoms with Gasteiger partial charge in [0.25, 0.3) is 5.91 Å². The van der Waals surface area contributed by atoms with E-state index < -0.39 is 0 Å². The molecule has 0 fully saturated rings. The standard InChI is InChI=1S/C20H19ClN2O2/c1-3-19(24)22(2)16-9-7-15(8-10-16)20(25)23-12-11-14-5-4-6-18(21)17(14)13-23/h3-10H,1,11-13H2,2H3. The Balaban J connectivity index is 1.77. The Kier molecular flexibility index (Phi) is 4.91. The van der Waals surface area contributed by atoms with Crippen molar-refractivity contribution in [1.29, 1.82) is 0 Å². The van der Waals surface area contributed by atoms with Crippen molar-refractivity contribution < 1.29 is 9.59 Å². The zero-order chi connectivity index (χ0) is 18.0. The smallest absolute Gasteiger partial charge is 0.254 e. The van der Waals surface area contributed by atoms with Crippen LogP contribution in [0.2, 0.25) is 5.02 Å². The van der Waals surface area contributed by atoms with Gasteiger partial charge < -0.3 is 9.80 Å². The number of carbonyl (C=O) groups is 2. The third kappa shape index (κ3) is 3.44. The average molecular weight is 355 g/mol. The van der Waals surface area contributed by atoms with Crippen molar-refractivity contribution in [3.05, 3.63) is 76.8 Å². The van der Waals surface area contributed by atoms with Gasteiger partial charge in [-0.3, -0.25) is 9.59 Å². The van der Waals surface area contributed by atoms with E-state index in [9.17, 15) is 9.59 Å². The van der Waals surface area contributed by atoms with Crippen LogP contribution in [0.25, 0.3) is 0 Å². The van der Waals surface area contributed by atoms with Crippen LogP contribution in [0.3, 0.4) is 0 Å². The summed E-state index contributed by atoms with van der Waals surface area (Å²) in [6.07, 6.45) is 2.06. The minimum Gasteiger partial charge on any atom is -0.334 e. The molecule has 5 heteroatoms. The molecule has 25 heavy (non-hydrogen) atoms. The maximum Gasteiger partial charge on any atom is 0.254 e. The molecule has 128 valence electrons. The second-order valence-electron chi connectivity index (χ2n) is 6.00. The first-order chi connectivity index (χ1) is 12.0. The molecule has 0 spiro atoms. The van der Waals surface area contributed by atoms with E-state index in [1.54, 1.807) is 31.3 Å². The second-order valence-corrected chi connectivity index (χ2v) is 6.41. The maximum atomic E-state index is 12.8. The van der Waals surface area contributed by atoms with Crippen LogP contribution in [-0.2, 0) is 17.8 Å². The van der Waals surface area contributed by atoms with Crippen LogP contribution in [0.1, 0.15) is 21.5 Å². The quantitative estimate of drug-likeness (QED) is 0.789. The summed E-state index contributed by atoms with van der Waals surface area (Å²) in [4.78, 5) is 27.7. The van der Waals surface area contributed by atoms with Gasteiger partial charge in [-0.05, 0) is 54.0 Å². The van der Waals surface area contributed by atoms with E-state index in [1.807, 2.05) is 17.0 Å². The highest BCUT2D eigenvalue weighted by molar-refractivity contribution is 6.31. The Morgan fingerprint density at radius 1 is 1.20 bits per heavy atom. The Hall–Kier alpha value is -2.59. The van der Waals surface area contributed by atoms with Crippen molar-refractivity contribution in [2.24, 2.45) is 0 Å². The summed E-state index contributed by atoms with van der Waals surface area (Å²) >= 11 is 6.27. The van der Waals surface area contributed by atoms with E-state index in [0.29, 0.717) is 29.4 Å². The van der Waals surface area contributed by atoms with Gasteiger partial charge in [0, 0.05) is 36.4 Å². The molecule has 0 radical (unpaired) electrons. The molecular formula is C20H19ClN2O2. The fraction of sp³-hybridized carbons (Fsp3) is 0.200. The third-order valence-corrected chi connectivity index (χ3v) is 4.86. The fourth-order valence-electron chi connectivity index (χ4n) is 2.99. The van der Waals surface area contributed by atoms with Crippen LogP contribution in [0.4, 0.5) is 5.69 Å². The van der Waals surface area contributed by atoms with Crippen molar-refractivity contribution in [2.75, 3.05) is 18.5 Å². The summed E-state index contributed by atoms with van der Waals surface area (Å²) in [5.41, 5.74) is 3.54. The monoisotopic (exact) mass is 354 g/mol. The molecule has 0 unspecified atom stereocenters. The molecule has 2 aromatic carbocycles. The predicted molar refractivity (Wildman–Crippen MR) is 99.9 cm³/mol. The molecule has 4 nitrogen and oxygen atoms in total. The number of rotatable bonds is 3. The van der Waals surface area contributed by atoms with E-state index in [1.165, 1.54) is 16.5 Å². The van der Waals surface area contributed by atoms with E-state index >= 15 is 0 Å². The van der Waals surface area contributed by atoms with Crippen LogP contribution >= 0.6 is 11.6 Å². The van der Waals surface area contributed by atoms with E-state index in [0.717, 1.165) is 12.0 Å². The van der Waals surface area contributed by atoms with Gasteiger partial charge in [0.05, 0.1) is 0 Å². The lowest BCUT2D eigenvalue weighted by atomic mass is 9.99. The molecule has 0 saturated heterocycles. The molecule has 0 N–H and O–H groups in total. The summed E-state index contributed by atoms with van der Waals surface area (Å²) in [5, 5.41) is 0.704. The molecule has 0 bridgehead atoms. The third-order valence-electron chi connectivity index (χ3n) is 4.51. The number of likely N-dealkylation sites (N-methyl/N-ethyl adjacent to an activating group) is 1. The maximum absolute atomic E-state index is 12.8. The molecular weight excluding hydrogens is 336 g/mol. The lowest BCUT2D eigenvalue weighted by molar-refractivity contribution is -0.113. The van der Waals surface area contributed by atoms with Crippen LogP contribution in [0, 0.1) is 0 Å². The minimum atomic E-state index is -0.193. The first-order valence-electron chi connectivity index (χ1n) is 8.07. The van der Waals surface area contributed by atoms with Crippen LogP contribution in [0.5, 0.6) is 0 Å². The Bertz CT molecular complexity index is 830. The zero-order valence-electron chi connectivity index (χ0n) is 14.0. The summed E-state index contributed by atoms with van der Waals surface area (Å²) < 4.78 is 0. The lowest BCUT2D eigenvalue weighted by Gasteiger charge is -2.29. The number of fused-ring (bicyclic) bond motifs is 1. The number of anilines is 1. The number of hydrogen-bond acceptors (Lipinski definition) is 2. The molecule has 2 amide bonds. The van der Waals surface area contributed by atoms with Crippen molar-refractivity contribution >= 4 is 29.1 Å². The van der Waals surface area contributed by atoms with Crippen molar-refractivity contribution in [1.82, 2.24) is 4.90 Å². The summed E-state index contributed by atoms with van der Waals surface area (Å²) in [5.74, 6) is -0.226. The first kappa shape index (κ1) is 17.2. The van der Waals surface area contributed by atoms with Gasteiger partial charge in [0.15, 0.2) is 0 Å². The Labute approximate surface area is 152 Å².